The van der Waals surface area contributed by atoms with Crippen LogP contribution in [-0.2, 0) is 10.4 Å². The number of furan rings is 1. The van der Waals surface area contributed by atoms with Crippen LogP contribution in [0.4, 0.5) is 0 Å². The Bertz CT molecular complexity index is 261. The van der Waals surface area contributed by atoms with E-state index >= 15 is 0 Å². The zero-order chi connectivity index (χ0) is 9.19. The maximum atomic E-state index is 10.3. The maximum Gasteiger partial charge on any atom is 0.306 e. The molecule has 2 N–H and O–H groups in total. The maximum absolute atomic E-state index is 10.3. The minimum Gasteiger partial charge on any atom is -0.481 e. The van der Waals surface area contributed by atoms with E-state index in [2.05, 4.69) is 0 Å². The van der Waals surface area contributed by atoms with Gasteiger partial charge >= 0.3 is 5.97 Å². The first kappa shape index (κ1) is 8.80. The van der Waals surface area contributed by atoms with Crippen LogP contribution < -0.4 is 0 Å². The summed E-state index contributed by atoms with van der Waals surface area (Å²) in [5.41, 5.74) is -1.42. The Labute approximate surface area is 69.4 Å². The summed E-state index contributed by atoms with van der Waals surface area (Å²) in [7, 11) is 0. The van der Waals surface area contributed by atoms with E-state index in [4.69, 9.17) is 9.52 Å². The van der Waals surface area contributed by atoms with Crippen LogP contribution in [0, 0.1) is 0 Å². The highest BCUT2D eigenvalue weighted by Gasteiger charge is 2.29. The van der Waals surface area contributed by atoms with E-state index in [1.807, 2.05) is 0 Å². The summed E-state index contributed by atoms with van der Waals surface area (Å²) in [6.07, 6.45) is 1.03. The molecule has 1 rings (SSSR count). The van der Waals surface area contributed by atoms with E-state index in [0.717, 1.165) is 0 Å². The SMILES string of the molecule is CC(O)(CC(=O)O)c1ccco1. The second-order valence-electron chi connectivity index (χ2n) is 2.82. The molecule has 0 aromatic carbocycles. The molecule has 0 radical (unpaired) electrons. The van der Waals surface area contributed by atoms with Crippen LogP contribution >= 0.6 is 0 Å². The van der Waals surface area contributed by atoms with Gasteiger partial charge in [0.1, 0.15) is 11.4 Å². The number of rotatable bonds is 3. The van der Waals surface area contributed by atoms with Gasteiger partial charge in [-0.1, -0.05) is 0 Å². The van der Waals surface area contributed by atoms with Crippen molar-refractivity contribution in [3.05, 3.63) is 24.2 Å². The van der Waals surface area contributed by atoms with Crippen molar-refractivity contribution in [3.63, 3.8) is 0 Å². The molecule has 0 saturated heterocycles. The lowest BCUT2D eigenvalue weighted by molar-refractivity contribution is -0.142. The minimum atomic E-state index is -1.42. The zero-order valence-electron chi connectivity index (χ0n) is 6.65. The van der Waals surface area contributed by atoms with Gasteiger partial charge in [-0.2, -0.15) is 0 Å². The summed E-state index contributed by atoms with van der Waals surface area (Å²) < 4.78 is 4.89. The van der Waals surface area contributed by atoms with Gasteiger partial charge in [0, 0.05) is 0 Å². The van der Waals surface area contributed by atoms with Gasteiger partial charge in [0.15, 0.2) is 0 Å². The minimum absolute atomic E-state index is 0.268. The first-order chi connectivity index (χ1) is 5.52. The first-order valence-corrected chi connectivity index (χ1v) is 3.50. The second-order valence-corrected chi connectivity index (χ2v) is 2.82. The monoisotopic (exact) mass is 170 g/mol. The molecular formula is C8H10O4. The fraction of sp³-hybridized carbons (Fsp3) is 0.375. The Morgan fingerprint density at radius 3 is 2.83 bits per heavy atom. The molecule has 0 spiro atoms. The zero-order valence-corrected chi connectivity index (χ0v) is 6.65. The van der Waals surface area contributed by atoms with E-state index in [-0.39, 0.29) is 12.2 Å². The highest BCUT2D eigenvalue weighted by molar-refractivity contribution is 5.68. The molecule has 0 aliphatic rings. The molecule has 0 aliphatic carbocycles. The van der Waals surface area contributed by atoms with Crippen LogP contribution in [0.5, 0.6) is 0 Å². The third kappa shape index (κ3) is 1.85. The second kappa shape index (κ2) is 2.98. The van der Waals surface area contributed by atoms with E-state index < -0.39 is 11.6 Å². The molecule has 0 bridgehead atoms. The van der Waals surface area contributed by atoms with E-state index in [1.165, 1.54) is 13.2 Å². The van der Waals surface area contributed by atoms with Crippen LogP contribution in [-0.4, -0.2) is 16.2 Å². The van der Waals surface area contributed by atoms with Gasteiger partial charge in [0.2, 0.25) is 0 Å². The molecule has 1 aromatic rings. The molecule has 1 unspecified atom stereocenters. The Hall–Kier alpha value is -1.29. The standard InChI is InChI=1S/C8H10O4/c1-8(11,5-7(9)10)6-3-2-4-12-6/h2-4,11H,5H2,1H3,(H,9,10). The summed E-state index contributed by atoms with van der Waals surface area (Å²) in [6.45, 7) is 1.40. The van der Waals surface area contributed by atoms with Crippen LogP contribution in [0.2, 0.25) is 0 Å². The van der Waals surface area contributed by atoms with Crippen molar-refractivity contribution in [2.24, 2.45) is 0 Å². The highest BCUT2D eigenvalue weighted by atomic mass is 16.4. The number of carboxylic acid groups (broad SMARTS) is 1. The average Bonchev–Trinajstić information content (AvgIpc) is 2.32. The predicted molar refractivity (Wildman–Crippen MR) is 40.5 cm³/mol. The van der Waals surface area contributed by atoms with Gasteiger partial charge in [-0.15, -0.1) is 0 Å². The third-order valence-electron chi connectivity index (χ3n) is 1.55. The van der Waals surface area contributed by atoms with Crippen molar-refractivity contribution in [1.82, 2.24) is 0 Å². The normalized spacial score (nSPS) is 15.5. The number of carboxylic acids is 1. The number of carbonyl (C=O) groups is 1. The van der Waals surface area contributed by atoms with E-state index in [0.29, 0.717) is 0 Å². The van der Waals surface area contributed by atoms with Crippen molar-refractivity contribution < 1.29 is 19.4 Å². The quantitative estimate of drug-likeness (QED) is 0.708. The summed E-state index contributed by atoms with van der Waals surface area (Å²) in [5, 5.41) is 18.0. The van der Waals surface area contributed by atoms with Gasteiger partial charge in [0.05, 0.1) is 12.7 Å². The van der Waals surface area contributed by atoms with Gasteiger partial charge < -0.3 is 14.6 Å². The fourth-order valence-electron chi connectivity index (χ4n) is 0.967. The van der Waals surface area contributed by atoms with Crippen LogP contribution in [0.15, 0.2) is 22.8 Å². The van der Waals surface area contributed by atoms with Crippen molar-refractivity contribution in [2.75, 3.05) is 0 Å². The van der Waals surface area contributed by atoms with E-state index in [9.17, 15) is 9.90 Å². The third-order valence-corrected chi connectivity index (χ3v) is 1.55. The molecular weight excluding hydrogens is 160 g/mol. The largest absolute Gasteiger partial charge is 0.481 e. The lowest BCUT2D eigenvalue weighted by Crippen LogP contribution is -2.24. The van der Waals surface area contributed by atoms with Crippen LogP contribution in [0.25, 0.3) is 0 Å². The molecule has 1 aromatic heterocycles. The van der Waals surface area contributed by atoms with Gasteiger partial charge in [-0.05, 0) is 19.1 Å². The van der Waals surface area contributed by atoms with Crippen molar-refractivity contribution in [2.45, 2.75) is 18.9 Å². The molecule has 0 aliphatic heterocycles. The predicted octanol–water partition coefficient (Wildman–Crippen LogP) is 0.962. The van der Waals surface area contributed by atoms with Crippen molar-refractivity contribution >= 4 is 5.97 Å². The Kier molecular flexibility index (Phi) is 2.19. The molecule has 0 saturated carbocycles. The smallest absolute Gasteiger partial charge is 0.306 e. The molecule has 66 valence electrons. The van der Waals surface area contributed by atoms with Gasteiger partial charge in [0.25, 0.3) is 0 Å². The molecule has 1 atom stereocenters. The molecule has 1 heterocycles. The lowest BCUT2D eigenvalue weighted by atomic mass is 10.00. The number of aliphatic carboxylic acids is 1. The fourth-order valence-corrected chi connectivity index (χ4v) is 0.967. The van der Waals surface area contributed by atoms with Gasteiger partial charge in [-0.25, -0.2) is 0 Å². The average molecular weight is 170 g/mol. The molecule has 12 heavy (non-hydrogen) atoms. The Balaban J connectivity index is 2.79. The van der Waals surface area contributed by atoms with Crippen LogP contribution in [0.3, 0.4) is 0 Å². The molecule has 0 amide bonds. The molecule has 4 nitrogen and oxygen atoms in total. The first-order valence-electron chi connectivity index (χ1n) is 3.50. The van der Waals surface area contributed by atoms with Crippen molar-refractivity contribution in [1.29, 1.82) is 0 Å². The molecule has 4 heteroatoms. The number of hydrogen-bond acceptors (Lipinski definition) is 3. The topological polar surface area (TPSA) is 70.7 Å². The van der Waals surface area contributed by atoms with Crippen LogP contribution in [0.1, 0.15) is 19.1 Å². The summed E-state index contributed by atoms with van der Waals surface area (Å²) in [4.78, 5) is 10.3. The summed E-state index contributed by atoms with van der Waals surface area (Å²) >= 11 is 0. The Morgan fingerprint density at radius 1 is 1.75 bits per heavy atom. The number of hydrogen-bond donors (Lipinski definition) is 2. The number of aliphatic hydroxyl groups is 1. The lowest BCUT2D eigenvalue weighted by Gasteiger charge is -2.17. The molecule has 0 fully saturated rings. The Morgan fingerprint density at radius 2 is 2.42 bits per heavy atom. The van der Waals surface area contributed by atoms with E-state index in [1.54, 1.807) is 12.1 Å². The summed E-state index contributed by atoms with van der Waals surface area (Å²) in [6, 6.07) is 3.15. The van der Waals surface area contributed by atoms with Crippen molar-refractivity contribution in [3.8, 4) is 0 Å². The van der Waals surface area contributed by atoms with Gasteiger partial charge in [-0.3, -0.25) is 4.79 Å². The highest BCUT2D eigenvalue weighted by Crippen LogP contribution is 2.24. The summed E-state index contributed by atoms with van der Waals surface area (Å²) in [5.74, 6) is -0.790.